The van der Waals surface area contributed by atoms with E-state index >= 15 is 0 Å². The Hall–Kier alpha value is -1.11. The molecule has 0 saturated carbocycles. The third-order valence-corrected chi connectivity index (χ3v) is 1.30. The maximum atomic E-state index is 10.6. The fraction of sp³-hybridized carbons (Fsp3) is 0.300. The number of ketones is 1. The highest BCUT2D eigenvalue weighted by Crippen LogP contribution is 1.98. The molecule has 0 radical (unpaired) electrons. The Kier molecular flexibility index (Phi) is 4.20. The smallest absolute Gasteiger partial charge is 0.134 e. The van der Waals surface area contributed by atoms with Crippen molar-refractivity contribution in [3.8, 4) is 0 Å². The van der Waals surface area contributed by atoms with Crippen LogP contribution in [-0.2, 0) is 11.2 Å². The van der Waals surface area contributed by atoms with Crippen LogP contribution in [0.15, 0.2) is 30.3 Å². The summed E-state index contributed by atoms with van der Waals surface area (Å²) in [6, 6.07) is 9.75. The quantitative estimate of drug-likeness (QED) is 0.633. The van der Waals surface area contributed by atoms with Gasteiger partial charge in [-0.1, -0.05) is 37.8 Å². The SMILES string of the molecule is C.CC(=O)Cc1ccccc1. The van der Waals surface area contributed by atoms with Crippen molar-refractivity contribution >= 4 is 5.78 Å². The van der Waals surface area contributed by atoms with E-state index in [-0.39, 0.29) is 13.2 Å². The van der Waals surface area contributed by atoms with Crippen molar-refractivity contribution in [1.29, 1.82) is 0 Å². The number of benzene rings is 1. The monoisotopic (exact) mass is 150 g/mol. The minimum atomic E-state index is 0. The molecule has 0 atom stereocenters. The van der Waals surface area contributed by atoms with Crippen LogP contribution in [0.25, 0.3) is 0 Å². The number of rotatable bonds is 2. The zero-order valence-electron chi connectivity index (χ0n) is 6.00. The van der Waals surface area contributed by atoms with Crippen molar-refractivity contribution in [1.82, 2.24) is 0 Å². The van der Waals surface area contributed by atoms with E-state index < -0.39 is 0 Å². The second kappa shape index (κ2) is 4.67. The van der Waals surface area contributed by atoms with Gasteiger partial charge in [-0.2, -0.15) is 0 Å². The van der Waals surface area contributed by atoms with Gasteiger partial charge < -0.3 is 0 Å². The molecule has 0 aliphatic carbocycles. The van der Waals surface area contributed by atoms with Crippen molar-refractivity contribution in [3.05, 3.63) is 35.9 Å². The molecule has 0 heterocycles. The topological polar surface area (TPSA) is 17.1 Å². The molecule has 0 aromatic heterocycles. The number of hydrogen-bond acceptors (Lipinski definition) is 1. The minimum Gasteiger partial charge on any atom is -0.300 e. The van der Waals surface area contributed by atoms with E-state index in [1.807, 2.05) is 30.3 Å². The predicted molar refractivity (Wildman–Crippen MR) is 47.6 cm³/mol. The average molecular weight is 150 g/mol. The Balaban J connectivity index is 0.000001000. The summed E-state index contributed by atoms with van der Waals surface area (Å²) < 4.78 is 0. The van der Waals surface area contributed by atoms with E-state index in [9.17, 15) is 4.79 Å². The van der Waals surface area contributed by atoms with Gasteiger partial charge in [-0.25, -0.2) is 0 Å². The van der Waals surface area contributed by atoms with Crippen molar-refractivity contribution < 1.29 is 4.79 Å². The van der Waals surface area contributed by atoms with E-state index in [2.05, 4.69) is 0 Å². The largest absolute Gasteiger partial charge is 0.300 e. The molecular weight excluding hydrogens is 136 g/mol. The van der Waals surface area contributed by atoms with E-state index in [1.54, 1.807) is 6.92 Å². The lowest BCUT2D eigenvalue weighted by molar-refractivity contribution is -0.116. The van der Waals surface area contributed by atoms with Crippen LogP contribution in [0.1, 0.15) is 19.9 Å². The second-order valence-corrected chi connectivity index (χ2v) is 2.36. The zero-order valence-corrected chi connectivity index (χ0v) is 6.00. The Morgan fingerprint density at radius 1 is 1.27 bits per heavy atom. The molecule has 0 spiro atoms. The van der Waals surface area contributed by atoms with Gasteiger partial charge in [0.15, 0.2) is 0 Å². The van der Waals surface area contributed by atoms with Gasteiger partial charge in [-0.3, -0.25) is 4.79 Å². The molecule has 1 aromatic carbocycles. The summed E-state index contributed by atoms with van der Waals surface area (Å²) in [4.78, 5) is 10.6. The summed E-state index contributed by atoms with van der Waals surface area (Å²) in [7, 11) is 0. The highest BCUT2D eigenvalue weighted by molar-refractivity contribution is 5.78. The van der Waals surface area contributed by atoms with Crippen LogP contribution in [0.2, 0.25) is 0 Å². The summed E-state index contributed by atoms with van der Waals surface area (Å²) in [6.07, 6.45) is 0.556. The summed E-state index contributed by atoms with van der Waals surface area (Å²) >= 11 is 0. The third kappa shape index (κ3) is 3.56. The molecule has 0 unspecified atom stereocenters. The molecule has 1 nitrogen and oxygen atoms in total. The van der Waals surface area contributed by atoms with Crippen LogP contribution < -0.4 is 0 Å². The normalized spacial score (nSPS) is 8.45. The molecule has 0 N–H and O–H groups in total. The molecule has 1 aromatic rings. The maximum absolute atomic E-state index is 10.6. The third-order valence-electron chi connectivity index (χ3n) is 1.30. The van der Waals surface area contributed by atoms with Gasteiger partial charge in [0, 0.05) is 6.42 Å². The molecule has 60 valence electrons. The maximum Gasteiger partial charge on any atom is 0.134 e. The Morgan fingerprint density at radius 3 is 2.27 bits per heavy atom. The number of Topliss-reactive ketones (excluding diaryl/α,β-unsaturated/α-hetero) is 1. The van der Waals surface area contributed by atoms with Gasteiger partial charge in [-0.15, -0.1) is 0 Å². The molecule has 0 saturated heterocycles. The van der Waals surface area contributed by atoms with Crippen molar-refractivity contribution in [2.24, 2.45) is 0 Å². The van der Waals surface area contributed by atoms with Crippen molar-refractivity contribution in [3.63, 3.8) is 0 Å². The van der Waals surface area contributed by atoms with Crippen LogP contribution in [0.5, 0.6) is 0 Å². The fourth-order valence-electron chi connectivity index (χ4n) is 0.883. The molecular formula is C10H14O. The molecule has 0 fully saturated rings. The summed E-state index contributed by atoms with van der Waals surface area (Å²) in [5, 5.41) is 0. The van der Waals surface area contributed by atoms with E-state index in [0.717, 1.165) is 5.56 Å². The van der Waals surface area contributed by atoms with E-state index in [0.29, 0.717) is 6.42 Å². The zero-order chi connectivity index (χ0) is 7.40. The van der Waals surface area contributed by atoms with Crippen LogP contribution >= 0.6 is 0 Å². The van der Waals surface area contributed by atoms with Crippen molar-refractivity contribution in [2.45, 2.75) is 20.8 Å². The van der Waals surface area contributed by atoms with Gasteiger partial charge in [-0.05, 0) is 12.5 Å². The summed E-state index contributed by atoms with van der Waals surface area (Å²) in [6.45, 7) is 1.60. The molecule has 0 bridgehead atoms. The molecule has 0 amide bonds. The first kappa shape index (κ1) is 9.89. The molecule has 1 rings (SSSR count). The van der Waals surface area contributed by atoms with Gasteiger partial charge >= 0.3 is 0 Å². The average Bonchev–Trinajstić information content (AvgIpc) is 1.88. The van der Waals surface area contributed by atoms with Gasteiger partial charge in [0.25, 0.3) is 0 Å². The van der Waals surface area contributed by atoms with E-state index in [1.165, 1.54) is 0 Å². The second-order valence-electron chi connectivity index (χ2n) is 2.36. The standard InChI is InChI=1S/C9H10O.CH4/c1-8(10)7-9-5-3-2-4-6-9;/h2-6H,7H2,1H3;1H4. The molecule has 0 aliphatic heterocycles. The molecule has 0 aliphatic rings. The van der Waals surface area contributed by atoms with Gasteiger partial charge in [0.1, 0.15) is 5.78 Å². The Morgan fingerprint density at radius 2 is 1.82 bits per heavy atom. The van der Waals surface area contributed by atoms with E-state index in [4.69, 9.17) is 0 Å². The highest BCUT2D eigenvalue weighted by atomic mass is 16.1. The Bertz CT molecular complexity index is 214. The van der Waals surface area contributed by atoms with Gasteiger partial charge in [0.2, 0.25) is 0 Å². The van der Waals surface area contributed by atoms with Gasteiger partial charge in [0.05, 0.1) is 0 Å². The number of carbonyl (C=O) groups is 1. The number of hydrogen-bond donors (Lipinski definition) is 0. The minimum absolute atomic E-state index is 0. The first-order valence-corrected chi connectivity index (χ1v) is 3.32. The highest BCUT2D eigenvalue weighted by Gasteiger charge is 1.93. The lowest BCUT2D eigenvalue weighted by Crippen LogP contribution is -1.94. The van der Waals surface area contributed by atoms with Crippen LogP contribution in [0.4, 0.5) is 0 Å². The fourth-order valence-corrected chi connectivity index (χ4v) is 0.883. The first-order valence-electron chi connectivity index (χ1n) is 3.32. The first-order chi connectivity index (χ1) is 4.79. The van der Waals surface area contributed by atoms with Crippen LogP contribution in [0.3, 0.4) is 0 Å². The van der Waals surface area contributed by atoms with Crippen LogP contribution in [0, 0.1) is 0 Å². The Labute approximate surface area is 68.1 Å². The molecule has 1 heteroatoms. The number of carbonyl (C=O) groups excluding carboxylic acids is 1. The summed E-state index contributed by atoms with van der Waals surface area (Å²) in [5.41, 5.74) is 1.09. The lowest BCUT2D eigenvalue weighted by atomic mass is 10.1. The lowest BCUT2D eigenvalue weighted by Gasteiger charge is -1.93. The van der Waals surface area contributed by atoms with Crippen LogP contribution in [-0.4, -0.2) is 5.78 Å². The van der Waals surface area contributed by atoms with Crippen molar-refractivity contribution in [2.75, 3.05) is 0 Å². The summed E-state index contributed by atoms with van der Waals surface area (Å²) in [5.74, 6) is 0.214. The molecule has 11 heavy (non-hydrogen) atoms. The predicted octanol–water partition coefficient (Wildman–Crippen LogP) is 2.45.